The van der Waals surface area contributed by atoms with E-state index < -0.39 is 10.0 Å². The zero-order chi connectivity index (χ0) is 19.8. The molecule has 0 spiro atoms. The van der Waals surface area contributed by atoms with Gasteiger partial charge in [-0.05, 0) is 69.0 Å². The van der Waals surface area contributed by atoms with Crippen molar-refractivity contribution in [3.05, 3.63) is 52.8 Å². The van der Waals surface area contributed by atoms with Crippen molar-refractivity contribution in [1.29, 1.82) is 0 Å². The van der Waals surface area contributed by atoms with Crippen LogP contribution in [0.25, 0.3) is 0 Å². The van der Waals surface area contributed by atoms with Crippen LogP contribution >= 0.6 is 0 Å². The maximum absolute atomic E-state index is 12.3. The summed E-state index contributed by atoms with van der Waals surface area (Å²) in [5, 5.41) is 2.92. The molecule has 0 bridgehead atoms. The van der Waals surface area contributed by atoms with Crippen molar-refractivity contribution >= 4 is 15.9 Å². The van der Waals surface area contributed by atoms with Gasteiger partial charge in [-0.2, -0.15) is 0 Å². The number of benzene rings is 1. The van der Waals surface area contributed by atoms with Crippen LogP contribution in [0, 0.1) is 13.8 Å². The van der Waals surface area contributed by atoms with E-state index in [2.05, 4.69) is 29.8 Å². The first-order chi connectivity index (χ1) is 12.7. The summed E-state index contributed by atoms with van der Waals surface area (Å²) in [6.07, 6.45) is 3.30. The van der Waals surface area contributed by atoms with Gasteiger partial charge in [0.15, 0.2) is 0 Å². The molecule has 3 rings (SSSR count). The lowest BCUT2D eigenvalue weighted by Gasteiger charge is -2.12. The molecule has 0 aliphatic heterocycles. The molecule has 0 unspecified atom stereocenters. The second-order valence-electron chi connectivity index (χ2n) is 7.32. The van der Waals surface area contributed by atoms with Gasteiger partial charge in [0, 0.05) is 43.6 Å². The summed E-state index contributed by atoms with van der Waals surface area (Å²) < 4.78 is 27.7. The highest BCUT2D eigenvalue weighted by Crippen LogP contribution is 2.38. The Morgan fingerprint density at radius 2 is 1.81 bits per heavy atom. The number of hydrogen-bond donors (Lipinski definition) is 1. The monoisotopic (exact) mass is 389 g/mol. The van der Waals surface area contributed by atoms with E-state index in [1.807, 2.05) is 0 Å². The lowest BCUT2D eigenvalue weighted by molar-refractivity contribution is 0.0954. The van der Waals surface area contributed by atoms with Crippen molar-refractivity contribution < 1.29 is 13.2 Å². The Bertz CT molecular complexity index is 940. The SMILES string of the molecule is Cc1cc(CCNC(=O)c2ccc(S(=O)(=O)N(C)C)cc2)c(C)n1C1CC1. The zero-order valence-corrected chi connectivity index (χ0v) is 17.1. The molecule has 0 atom stereocenters. The quantitative estimate of drug-likeness (QED) is 0.791. The van der Waals surface area contributed by atoms with E-state index in [-0.39, 0.29) is 10.8 Å². The summed E-state index contributed by atoms with van der Waals surface area (Å²) in [5.41, 5.74) is 4.31. The van der Waals surface area contributed by atoms with Gasteiger partial charge in [-0.3, -0.25) is 4.79 Å². The highest BCUT2D eigenvalue weighted by atomic mass is 32.2. The molecule has 1 aliphatic rings. The maximum Gasteiger partial charge on any atom is 0.251 e. The third-order valence-electron chi connectivity index (χ3n) is 5.08. The molecule has 1 aromatic heterocycles. The molecule has 1 amide bonds. The molecule has 1 fully saturated rings. The summed E-state index contributed by atoms with van der Waals surface area (Å²) in [6, 6.07) is 8.89. The first kappa shape index (κ1) is 19.6. The Morgan fingerprint density at radius 3 is 2.37 bits per heavy atom. The van der Waals surface area contributed by atoms with Gasteiger partial charge in [0.25, 0.3) is 5.91 Å². The van der Waals surface area contributed by atoms with Crippen LogP contribution < -0.4 is 5.32 Å². The topological polar surface area (TPSA) is 71.4 Å². The minimum absolute atomic E-state index is 0.177. The minimum atomic E-state index is -3.48. The summed E-state index contributed by atoms with van der Waals surface area (Å²) >= 11 is 0. The van der Waals surface area contributed by atoms with Crippen molar-refractivity contribution in [3.63, 3.8) is 0 Å². The van der Waals surface area contributed by atoms with Crippen LogP contribution in [-0.2, 0) is 16.4 Å². The smallest absolute Gasteiger partial charge is 0.251 e. The first-order valence-corrected chi connectivity index (χ1v) is 10.6. The van der Waals surface area contributed by atoms with Gasteiger partial charge in [-0.25, -0.2) is 12.7 Å². The number of amides is 1. The van der Waals surface area contributed by atoms with Gasteiger partial charge in [0.1, 0.15) is 0 Å². The highest BCUT2D eigenvalue weighted by molar-refractivity contribution is 7.89. The number of hydrogen-bond acceptors (Lipinski definition) is 3. The van der Waals surface area contributed by atoms with E-state index in [9.17, 15) is 13.2 Å². The fourth-order valence-corrected chi connectivity index (χ4v) is 4.30. The summed E-state index contributed by atoms with van der Waals surface area (Å²) in [4.78, 5) is 12.5. The van der Waals surface area contributed by atoms with Crippen molar-refractivity contribution in [2.24, 2.45) is 0 Å². The molecule has 2 aromatic rings. The van der Waals surface area contributed by atoms with Crippen LogP contribution in [-0.4, -0.2) is 43.8 Å². The van der Waals surface area contributed by atoms with Crippen LogP contribution in [0.15, 0.2) is 35.2 Å². The van der Waals surface area contributed by atoms with E-state index in [0.29, 0.717) is 18.2 Å². The fraction of sp³-hybridized carbons (Fsp3) is 0.450. The third kappa shape index (κ3) is 4.09. The maximum atomic E-state index is 12.3. The van der Waals surface area contributed by atoms with E-state index >= 15 is 0 Å². The summed E-state index contributed by atoms with van der Waals surface area (Å²) in [6.45, 7) is 4.83. The number of nitrogens with zero attached hydrogens (tertiary/aromatic N) is 2. The summed E-state index contributed by atoms with van der Waals surface area (Å²) in [5.74, 6) is -0.195. The highest BCUT2D eigenvalue weighted by Gasteiger charge is 2.26. The third-order valence-corrected chi connectivity index (χ3v) is 6.91. The fourth-order valence-electron chi connectivity index (χ4n) is 3.39. The molecule has 0 radical (unpaired) electrons. The standard InChI is InChI=1S/C20H27N3O3S/c1-14-13-17(15(2)23(14)18-7-8-18)11-12-21-20(24)16-5-9-19(10-6-16)27(25,26)22(3)4/h5-6,9-10,13,18H,7-8,11-12H2,1-4H3,(H,21,24). The largest absolute Gasteiger partial charge is 0.352 e. The van der Waals surface area contributed by atoms with Crippen LogP contribution in [0.2, 0.25) is 0 Å². The van der Waals surface area contributed by atoms with Crippen molar-refractivity contribution in [2.45, 2.75) is 44.0 Å². The Hall–Kier alpha value is -2.12. The van der Waals surface area contributed by atoms with Gasteiger partial charge < -0.3 is 9.88 Å². The Balaban J connectivity index is 1.59. The number of carbonyl (C=O) groups is 1. The molecule has 1 aliphatic carbocycles. The molecule has 1 heterocycles. The molecule has 1 N–H and O–H groups in total. The molecule has 7 heteroatoms. The predicted molar refractivity (Wildman–Crippen MR) is 106 cm³/mol. The first-order valence-electron chi connectivity index (χ1n) is 9.20. The normalized spacial score (nSPS) is 14.6. The van der Waals surface area contributed by atoms with E-state index in [1.165, 1.54) is 56.0 Å². The second kappa shape index (κ2) is 7.48. The molecule has 27 heavy (non-hydrogen) atoms. The van der Waals surface area contributed by atoms with Gasteiger partial charge in [-0.15, -0.1) is 0 Å². The molecular weight excluding hydrogens is 362 g/mol. The van der Waals surface area contributed by atoms with Gasteiger partial charge >= 0.3 is 0 Å². The number of rotatable bonds is 7. The molecule has 0 saturated heterocycles. The van der Waals surface area contributed by atoms with E-state index in [4.69, 9.17) is 0 Å². The molecular formula is C20H27N3O3S. The van der Waals surface area contributed by atoms with Crippen molar-refractivity contribution in [2.75, 3.05) is 20.6 Å². The molecule has 1 aromatic carbocycles. The average Bonchev–Trinajstić information content (AvgIpc) is 3.41. The van der Waals surface area contributed by atoms with Gasteiger partial charge in [0.2, 0.25) is 10.0 Å². The number of sulfonamides is 1. The number of carbonyl (C=O) groups excluding carboxylic acids is 1. The van der Waals surface area contributed by atoms with Gasteiger partial charge in [0.05, 0.1) is 4.90 Å². The van der Waals surface area contributed by atoms with Crippen molar-refractivity contribution in [3.8, 4) is 0 Å². The van der Waals surface area contributed by atoms with Crippen molar-refractivity contribution in [1.82, 2.24) is 14.2 Å². The van der Waals surface area contributed by atoms with E-state index in [1.54, 1.807) is 12.1 Å². The Kier molecular flexibility index (Phi) is 5.44. The zero-order valence-electron chi connectivity index (χ0n) is 16.3. The van der Waals surface area contributed by atoms with Crippen LogP contribution in [0.3, 0.4) is 0 Å². The number of aryl methyl sites for hydroxylation is 1. The second-order valence-corrected chi connectivity index (χ2v) is 9.47. The van der Waals surface area contributed by atoms with Crippen LogP contribution in [0.1, 0.15) is 46.2 Å². The molecule has 146 valence electrons. The van der Waals surface area contributed by atoms with E-state index in [0.717, 1.165) is 10.7 Å². The number of nitrogens with one attached hydrogen (secondary N) is 1. The lowest BCUT2D eigenvalue weighted by Crippen LogP contribution is -2.26. The summed E-state index contributed by atoms with van der Waals surface area (Å²) in [7, 11) is -0.517. The Morgan fingerprint density at radius 1 is 1.19 bits per heavy atom. The minimum Gasteiger partial charge on any atom is -0.352 e. The van der Waals surface area contributed by atoms with Crippen LogP contribution in [0.5, 0.6) is 0 Å². The molecule has 6 nitrogen and oxygen atoms in total. The Labute approximate surface area is 161 Å². The lowest BCUT2D eigenvalue weighted by atomic mass is 10.1. The number of aromatic nitrogens is 1. The average molecular weight is 390 g/mol. The predicted octanol–water partition coefficient (Wildman–Crippen LogP) is 2.66. The molecule has 1 saturated carbocycles. The van der Waals surface area contributed by atoms with Gasteiger partial charge in [-0.1, -0.05) is 0 Å². The van der Waals surface area contributed by atoms with Crippen LogP contribution in [0.4, 0.5) is 0 Å².